The van der Waals surface area contributed by atoms with Crippen LogP contribution in [0.25, 0.3) is 0 Å². The van der Waals surface area contributed by atoms with Crippen LogP contribution in [0.1, 0.15) is 47.7 Å². The Morgan fingerprint density at radius 1 is 1.47 bits per heavy atom. The second-order valence-electron chi connectivity index (χ2n) is 4.72. The van der Waals surface area contributed by atoms with Gasteiger partial charge in [0.05, 0.1) is 11.4 Å². The summed E-state index contributed by atoms with van der Waals surface area (Å²) in [4.78, 5) is 16.8. The van der Waals surface area contributed by atoms with Crippen LogP contribution in [-0.4, -0.2) is 29.8 Å². The van der Waals surface area contributed by atoms with Gasteiger partial charge in [-0.3, -0.25) is 9.69 Å². The molecule has 0 spiro atoms. The van der Waals surface area contributed by atoms with Gasteiger partial charge in [0.15, 0.2) is 5.78 Å². The van der Waals surface area contributed by atoms with Crippen LogP contribution in [0, 0.1) is 0 Å². The summed E-state index contributed by atoms with van der Waals surface area (Å²) in [7, 11) is 0. The minimum Gasteiger partial charge on any atom is -0.293 e. The highest BCUT2D eigenvalue weighted by molar-refractivity contribution is 7.14. The smallest absolute Gasteiger partial charge is 0.186 e. The summed E-state index contributed by atoms with van der Waals surface area (Å²) < 4.78 is 0. The van der Waals surface area contributed by atoms with Crippen molar-refractivity contribution in [3.63, 3.8) is 0 Å². The lowest BCUT2D eigenvalue weighted by molar-refractivity contribution is 0.0924. The van der Waals surface area contributed by atoms with Crippen molar-refractivity contribution in [2.75, 3.05) is 13.1 Å². The average Bonchev–Trinajstić information content (AvgIpc) is 2.96. The van der Waals surface area contributed by atoms with E-state index in [4.69, 9.17) is 0 Å². The second-order valence-corrected chi connectivity index (χ2v) is 5.89. The molecule has 2 nitrogen and oxygen atoms in total. The van der Waals surface area contributed by atoms with E-state index in [1.54, 1.807) is 11.3 Å². The highest BCUT2D eigenvalue weighted by Gasteiger charge is 2.25. The number of ketones is 1. The van der Waals surface area contributed by atoms with E-state index in [0.717, 1.165) is 24.3 Å². The number of Topliss-reactive ketones (excluding diaryl/α,β-unsaturated/α-hetero) is 1. The average molecular weight is 251 g/mol. The fourth-order valence-corrected chi connectivity index (χ4v) is 3.42. The molecule has 0 N–H and O–H groups in total. The van der Waals surface area contributed by atoms with Gasteiger partial charge in [-0.05, 0) is 44.4 Å². The maximum atomic E-state index is 12.2. The molecule has 2 rings (SSSR count). The first-order valence-electron chi connectivity index (χ1n) is 6.60. The molecule has 0 aliphatic carbocycles. The van der Waals surface area contributed by atoms with Crippen molar-refractivity contribution < 1.29 is 4.79 Å². The molecule has 94 valence electrons. The molecule has 0 amide bonds. The topological polar surface area (TPSA) is 20.3 Å². The zero-order chi connectivity index (χ0) is 12.3. The van der Waals surface area contributed by atoms with Crippen LogP contribution >= 0.6 is 11.3 Å². The van der Waals surface area contributed by atoms with E-state index in [-0.39, 0.29) is 0 Å². The van der Waals surface area contributed by atoms with Gasteiger partial charge in [-0.25, -0.2) is 0 Å². The summed E-state index contributed by atoms with van der Waals surface area (Å²) in [6.45, 7) is 6.06. The highest BCUT2D eigenvalue weighted by Crippen LogP contribution is 2.22. The van der Waals surface area contributed by atoms with E-state index >= 15 is 0 Å². The van der Waals surface area contributed by atoms with Gasteiger partial charge in [-0.15, -0.1) is 11.3 Å². The standard InChI is InChI=1S/C14H21NOS/c1-3-11-6-5-9-15(11)10-13(16)14-8-7-12(4-2)17-14/h7-8,11H,3-6,9-10H2,1-2H3. The molecule has 3 heteroatoms. The SMILES string of the molecule is CCc1ccc(C(=O)CN2CCCC2CC)s1. The number of carbonyl (C=O) groups excluding carboxylic acids is 1. The summed E-state index contributed by atoms with van der Waals surface area (Å²) in [6.07, 6.45) is 4.70. The van der Waals surface area contributed by atoms with Crippen molar-refractivity contribution in [1.82, 2.24) is 4.90 Å². The minimum atomic E-state index is 0.301. The number of nitrogens with zero attached hydrogens (tertiary/aromatic N) is 1. The van der Waals surface area contributed by atoms with Crippen molar-refractivity contribution in [3.05, 3.63) is 21.9 Å². The summed E-state index contributed by atoms with van der Waals surface area (Å²) >= 11 is 1.66. The fraction of sp³-hybridized carbons (Fsp3) is 0.643. The maximum absolute atomic E-state index is 12.2. The molecule has 1 aliphatic rings. The summed E-state index contributed by atoms with van der Waals surface area (Å²) in [5.74, 6) is 0.301. The van der Waals surface area contributed by atoms with E-state index in [2.05, 4.69) is 24.8 Å². The molecule has 1 saturated heterocycles. The van der Waals surface area contributed by atoms with E-state index in [0.29, 0.717) is 18.4 Å². The lowest BCUT2D eigenvalue weighted by Crippen LogP contribution is -2.33. The van der Waals surface area contributed by atoms with Gasteiger partial charge in [0.1, 0.15) is 0 Å². The van der Waals surface area contributed by atoms with Crippen LogP contribution in [0.4, 0.5) is 0 Å². The largest absolute Gasteiger partial charge is 0.293 e. The molecule has 1 fully saturated rings. The molecular formula is C14H21NOS. The molecule has 0 radical (unpaired) electrons. The van der Waals surface area contributed by atoms with Gasteiger partial charge in [-0.2, -0.15) is 0 Å². The lowest BCUT2D eigenvalue weighted by atomic mass is 10.1. The predicted molar refractivity (Wildman–Crippen MR) is 72.9 cm³/mol. The molecule has 0 bridgehead atoms. The molecule has 0 aromatic carbocycles. The maximum Gasteiger partial charge on any atom is 0.186 e. The Morgan fingerprint density at radius 3 is 2.94 bits per heavy atom. The van der Waals surface area contributed by atoms with Crippen molar-refractivity contribution in [2.24, 2.45) is 0 Å². The first kappa shape index (κ1) is 12.8. The van der Waals surface area contributed by atoms with Crippen LogP contribution in [0.5, 0.6) is 0 Å². The quantitative estimate of drug-likeness (QED) is 0.748. The van der Waals surface area contributed by atoms with Crippen molar-refractivity contribution in [3.8, 4) is 0 Å². The van der Waals surface area contributed by atoms with Gasteiger partial charge in [0.25, 0.3) is 0 Å². The zero-order valence-corrected chi connectivity index (χ0v) is 11.6. The fourth-order valence-electron chi connectivity index (χ4n) is 2.55. The monoisotopic (exact) mass is 251 g/mol. The number of hydrogen-bond acceptors (Lipinski definition) is 3. The van der Waals surface area contributed by atoms with Crippen molar-refractivity contribution in [2.45, 2.75) is 45.6 Å². The Labute approximate surface area is 108 Å². The molecule has 1 aromatic rings. The highest BCUT2D eigenvalue weighted by atomic mass is 32.1. The number of likely N-dealkylation sites (tertiary alicyclic amines) is 1. The van der Waals surface area contributed by atoms with Crippen molar-refractivity contribution >= 4 is 17.1 Å². The van der Waals surface area contributed by atoms with Crippen LogP contribution in [0.2, 0.25) is 0 Å². The third-order valence-electron chi connectivity index (χ3n) is 3.60. The second kappa shape index (κ2) is 5.78. The Hall–Kier alpha value is -0.670. The molecule has 1 aliphatic heterocycles. The molecule has 17 heavy (non-hydrogen) atoms. The molecule has 1 unspecified atom stereocenters. The molecule has 0 saturated carbocycles. The van der Waals surface area contributed by atoms with Gasteiger partial charge in [0.2, 0.25) is 0 Å². The first-order valence-corrected chi connectivity index (χ1v) is 7.42. The third kappa shape index (κ3) is 2.96. The molecule has 1 aromatic heterocycles. The number of hydrogen-bond donors (Lipinski definition) is 0. The number of carbonyl (C=O) groups is 1. The predicted octanol–water partition coefficient (Wildman–Crippen LogP) is 3.37. The normalized spacial score (nSPS) is 20.9. The number of thiophene rings is 1. The summed E-state index contributed by atoms with van der Waals surface area (Å²) in [5, 5.41) is 0. The van der Waals surface area contributed by atoms with E-state index < -0.39 is 0 Å². The lowest BCUT2D eigenvalue weighted by Gasteiger charge is -2.21. The Balaban J connectivity index is 1.96. The Morgan fingerprint density at radius 2 is 2.29 bits per heavy atom. The zero-order valence-electron chi connectivity index (χ0n) is 10.7. The van der Waals surface area contributed by atoms with Crippen LogP contribution in [0.15, 0.2) is 12.1 Å². The molecular weight excluding hydrogens is 230 g/mol. The van der Waals surface area contributed by atoms with Gasteiger partial charge >= 0.3 is 0 Å². The van der Waals surface area contributed by atoms with Crippen LogP contribution in [-0.2, 0) is 6.42 Å². The Kier molecular flexibility index (Phi) is 4.35. The van der Waals surface area contributed by atoms with E-state index in [9.17, 15) is 4.79 Å². The minimum absolute atomic E-state index is 0.301. The number of aryl methyl sites for hydroxylation is 1. The van der Waals surface area contributed by atoms with Crippen LogP contribution in [0.3, 0.4) is 0 Å². The summed E-state index contributed by atoms with van der Waals surface area (Å²) in [5.41, 5.74) is 0. The van der Waals surface area contributed by atoms with Gasteiger partial charge in [0, 0.05) is 10.9 Å². The van der Waals surface area contributed by atoms with Gasteiger partial charge in [-0.1, -0.05) is 13.8 Å². The van der Waals surface area contributed by atoms with E-state index in [1.807, 2.05) is 6.07 Å². The Bertz CT molecular complexity index is 385. The molecule has 2 heterocycles. The molecule has 1 atom stereocenters. The van der Waals surface area contributed by atoms with Crippen LogP contribution < -0.4 is 0 Å². The van der Waals surface area contributed by atoms with E-state index in [1.165, 1.54) is 17.7 Å². The first-order chi connectivity index (χ1) is 8.24. The number of rotatable bonds is 5. The third-order valence-corrected chi connectivity index (χ3v) is 4.87. The van der Waals surface area contributed by atoms with Crippen molar-refractivity contribution in [1.29, 1.82) is 0 Å². The summed E-state index contributed by atoms with van der Waals surface area (Å²) in [6, 6.07) is 4.70. The van der Waals surface area contributed by atoms with Gasteiger partial charge < -0.3 is 0 Å².